The average Bonchev–Trinajstić information content (AvgIpc) is 2.49. The Hall–Kier alpha value is -3.49. The molecule has 2 rings (SSSR count). The SMILES string of the molecule is Cc1ccc(Nc2c([N+](=O)[O-])cc(C(N)=O)cc2[N+](=O)[O-])c(C)c1. The summed E-state index contributed by atoms with van der Waals surface area (Å²) in [5, 5.41) is 25.3. The topological polar surface area (TPSA) is 141 Å². The summed E-state index contributed by atoms with van der Waals surface area (Å²) in [6.07, 6.45) is 0. The van der Waals surface area contributed by atoms with Crippen molar-refractivity contribution >= 4 is 28.7 Å². The molecule has 0 heterocycles. The van der Waals surface area contributed by atoms with E-state index in [4.69, 9.17) is 5.73 Å². The molecule has 0 aliphatic carbocycles. The number of nitro benzene ring substituents is 2. The first-order valence-electron chi connectivity index (χ1n) is 6.81. The van der Waals surface area contributed by atoms with Crippen molar-refractivity contribution in [2.75, 3.05) is 5.32 Å². The van der Waals surface area contributed by atoms with Crippen LogP contribution in [0.1, 0.15) is 21.5 Å². The molecular formula is C15H14N4O5. The summed E-state index contributed by atoms with van der Waals surface area (Å²) in [6.45, 7) is 3.65. The molecular weight excluding hydrogens is 316 g/mol. The lowest BCUT2D eigenvalue weighted by molar-refractivity contribution is -0.392. The molecule has 9 heteroatoms. The van der Waals surface area contributed by atoms with Crippen molar-refractivity contribution in [3.63, 3.8) is 0 Å². The number of rotatable bonds is 5. The second-order valence-corrected chi connectivity index (χ2v) is 5.21. The molecule has 0 bridgehead atoms. The molecule has 3 N–H and O–H groups in total. The quantitative estimate of drug-likeness (QED) is 0.637. The van der Waals surface area contributed by atoms with Crippen molar-refractivity contribution in [1.82, 2.24) is 0 Å². The van der Waals surface area contributed by atoms with E-state index < -0.39 is 27.1 Å². The van der Waals surface area contributed by atoms with E-state index in [0.717, 1.165) is 23.3 Å². The number of amides is 1. The van der Waals surface area contributed by atoms with E-state index in [1.807, 2.05) is 13.0 Å². The van der Waals surface area contributed by atoms with Gasteiger partial charge in [-0.05, 0) is 25.5 Å². The number of hydrogen-bond acceptors (Lipinski definition) is 6. The highest BCUT2D eigenvalue weighted by Crippen LogP contribution is 2.38. The van der Waals surface area contributed by atoms with Crippen LogP contribution in [-0.4, -0.2) is 15.8 Å². The van der Waals surface area contributed by atoms with E-state index in [1.165, 1.54) is 0 Å². The van der Waals surface area contributed by atoms with E-state index in [1.54, 1.807) is 19.1 Å². The van der Waals surface area contributed by atoms with E-state index in [9.17, 15) is 25.0 Å². The average molecular weight is 330 g/mol. The van der Waals surface area contributed by atoms with Gasteiger partial charge >= 0.3 is 11.4 Å². The van der Waals surface area contributed by atoms with Crippen molar-refractivity contribution in [2.24, 2.45) is 5.73 Å². The van der Waals surface area contributed by atoms with Gasteiger partial charge in [0.2, 0.25) is 5.91 Å². The van der Waals surface area contributed by atoms with Crippen LogP contribution in [0.15, 0.2) is 30.3 Å². The van der Waals surface area contributed by atoms with E-state index in [2.05, 4.69) is 5.32 Å². The first-order valence-corrected chi connectivity index (χ1v) is 6.81. The third-order valence-electron chi connectivity index (χ3n) is 3.42. The van der Waals surface area contributed by atoms with Crippen LogP contribution in [0.5, 0.6) is 0 Å². The van der Waals surface area contributed by atoms with Crippen LogP contribution in [0, 0.1) is 34.1 Å². The zero-order valence-electron chi connectivity index (χ0n) is 12.9. The van der Waals surface area contributed by atoms with Crippen LogP contribution in [-0.2, 0) is 0 Å². The van der Waals surface area contributed by atoms with Gasteiger partial charge in [0.15, 0.2) is 5.69 Å². The summed E-state index contributed by atoms with van der Waals surface area (Å²) in [5.41, 5.74) is 5.51. The third kappa shape index (κ3) is 3.29. The molecule has 24 heavy (non-hydrogen) atoms. The maximum atomic E-state index is 11.3. The van der Waals surface area contributed by atoms with Crippen molar-refractivity contribution in [3.8, 4) is 0 Å². The van der Waals surface area contributed by atoms with Gasteiger partial charge in [-0.25, -0.2) is 0 Å². The summed E-state index contributed by atoms with van der Waals surface area (Å²) in [5.74, 6) is -0.987. The van der Waals surface area contributed by atoms with E-state index in [-0.39, 0.29) is 11.3 Å². The monoisotopic (exact) mass is 330 g/mol. The Balaban J connectivity index is 2.68. The summed E-state index contributed by atoms with van der Waals surface area (Å²) >= 11 is 0. The smallest absolute Gasteiger partial charge is 0.300 e. The minimum absolute atomic E-state index is 0.304. The third-order valence-corrected chi connectivity index (χ3v) is 3.42. The number of hydrogen-bond donors (Lipinski definition) is 2. The summed E-state index contributed by atoms with van der Waals surface area (Å²) in [6, 6.07) is 7.10. The fourth-order valence-corrected chi connectivity index (χ4v) is 2.26. The first-order chi connectivity index (χ1) is 11.2. The Morgan fingerprint density at radius 3 is 2.00 bits per heavy atom. The zero-order chi connectivity index (χ0) is 18.0. The van der Waals surface area contributed by atoms with Crippen LogP contribution < -0.4 is 11.1 Å². The molecule has 0 unspecified atom stereocenters. The molecule has 0 aliphatic rings. The molecule has 9 nitrogen and oxygen atoms in total. The van der Waals surface area contributed by atoms with Crippen molar-refractivity contribution < 1.29 is 14.6 Å². The van der Waals surface area contributed by atoms with E-state index in [0.29, 0.717) is 5.69 Å². The molecule has 0 radical (unpaired) electrons. The predicted octanol–water partition coefficient (Wildman–Crippen LogP) is 2.96. The Labute approximate surface area is 136 Å². The summed E-state index contributed by atoms with van der Waals surface area (Å²) < 4.78 is 0. The van der Waals surface area contributed by atoms with Crippen LogP contribution in [0.25, 0.3) is 0 Å². The van der Waals surface area contributed by atoms with Crippen molar-refractivity contribution in [1.29, 1.82) is 0 Å². The number of anilines is 2. The molecule has 0 aliphatic heterocycles. The predicted molar refractivity (Wildman–Crippen MR) is 87.5 cm³/mol. The molecule has 0 spiro atoms. The zero-order valence-corrected chi connectivity index (χ0v) is 12.9. The van der Waals surface area contributed by atoms with Crippen LogP contribution in [0.3, 0.4) is 0 Å². The number of carbonyl (C=O) groups excluding carboxylic acids is 1. The number of carbonyl (C=O) groups is 1. The normalized spacial score (nSPS) is 10.2. The minimum atomic E-state index is -0.987. The molecule has 0 atom stereocenters. The molecule has 124 valence electrons. The van der Waals surface area contributed by atoms with Gasteiger partial charge in [-0.15, -0.1) is 0 Å². The van der Waals surface area contributed by atoms with Crippen molar-refractivity contribution in [2.45, 2.75) is 13.8 Å². The van der Waals surface area contributed by atoms with Gasteiger partial charge in [-0.1, -0.05) is 17.7 Å². The number of nitrogens with zero attached hydrogens (tertiary/aromatic N) is 2. The molecule has 2 aromatic rings. The Morgan fingerprint density at radius 1 is 1.04 bits per heavy atom. The molecule has 0 fully saturated rings. The minimum Gasteiger partial charge on any atom is -0.366 e. The molecule has 0 saturated heterocycles. The molecule has 1 amide bonds. The van der Waals surface area contributed by atoms with E-state index >= 15 is 0 Å². The second kappa shape index (κ2) is 6.32. The van der Waals surface area contributed by atoms with Gasteiger partial charge in [-0.3, -0.25) is 25.0 Å². The molecule has 0 saturated carbocycles. The number of nitrogens with two attached hydrogens (primary N) is 1. The van der Waals surface area contributed by atoms with Gasteiger partial charge in [0, 0.05) is 17.8 Å². The molecule has 2 aromatic carbocycles. The van der Waals surface area contributed by atoms with Gasteiger partial charge in [0.25, 0.3) is 0 Å². The van der Waals surface area contributed by atoms with Gasteiger partial charge in [0.05, 0.1) is 15.4 Å². The maximum absolute atomic E-state index is 11.3. The van der Waals surface area contributed by atoms with Crippen molar-refractivity contribution in [3.05, 3.63) is 67.3 Å². The highest BCUT2D eigenvalue weighted by Gasteiger charge is 2.28. The summed E-state index contributed by atoms with van der Waals surface area (Å²) in [4.78, 5) is 32.3. The van der Waals surface area contributed by atoms with Crippen LogP contribution in [0.2, 0.25) is 0 Å². The number of primary amides is 1. The number of benzene rings is 2. The highest BCUT2D eigenvalue weighted by molar-refractivity contribution is 5.97. The van der Waals surface area contributed by atoms with Gasteiger partial charge in [0.1, 0.15) is 0 Å². The highest BCUT2D eigenvalue weighted by atomic mass is 16.6. The van der Waals surface area contributed by atoms with Crippen LogP contribution >= 0.6 is 0 Å². The summed E-state index contributed by atoms with van der Waals surface area (Å²) in [7, 11) is 0. The Kier molecular flexibility index (Phi) is 4.45. The Bertz CT molecular complexity index is 828. The number of nitrogens with one attached hydrogen (secondary N) is 1. The lowest BCUT2D eigenvalue weighted by atomic mass is 10.1. The fourth-order valence-electron chi connectivity index (χ4n) is 2.26. The largest absolute Gasteiger partial charge is 0.366 e. The maximum Gasteiger partial charge on any atom is 0.300 e. The molecule has 0 aromatic heterocycles. The number of aryl methyl sites for hydroxylation is 2. The first kappa shape index (κ1) is 16.9. The lowest BCUT2D eigenvalue weighted by Crippen LogP contribution is -2.13. The standard InChI is InChI=1S/C15H14N4O5/c1-8-3-4-11(9(2)5-8)17-14-12(18(21)22)6-10(15(16)20)7-13(14)19(23)24/h3-7,17H,1-2H3,(H2,16,20). The van der Waals surface area contributed by atoms with Gasteiger partial charge in [-0.2, -0.15) is 0 Å². The van der Waals surface area contributed by atoms with Gasteiger partial charge < -0.3 is 11.1 Å². The second-order valence-electron chi connectivity index (χ2n) is 5.21. The lowest BCUT2D eigenvalue weighted by Gasteiger charge is -2.11. The Morgan fingerprint density at radius 2 is 1.58 bits per heavy atom. The van der Waals surface area contributed by atoms with Crippen LogP contribution in [0.4, 0.5) is 22.7 Å². The fraction of sp³-hybridized carbons (Fsp3) is 0.133. The number of nitro groups is 2.